The van der Waals surface area contributed by atoms with Gasteiger partial charge in [0.05, 0.1) is 23.6 Å². The molecule has 6 nitrogen and oxygen atoms in total. The summed E-state index contributed by atoms with van der Waals surface area (Å²) < 4.78 is 23.0. The van der Waals surface area contributed by atoms with Crippen LogP contribution in [0.25, 0.3) is 0 Å². The number of carbonyl (C=O) groups excluding carboxylic acids is 1. The van der Waals surface area contributed by atoms with Gasteiger partial charge in [0.15, 0.2) is 9.84 Å². The van der Waals surface area contributed by atoms with Crippen LogP contribution >= 0.6 is 0 Å². The van der Waals surface area contributed by atoms with Crippen molar-refractivity contribution in [1.29, 1.82) is 0 Å². The Labute approximate surface area is 114 Å². The van der Waals surface area contributed by atoms with Gasteiger partial charge in [-0.3, -0.25) is 9.69 Å². The van der Waals surface area contributed by atoms with Gasteiger partial charge in [0, 0.05) is 13.1 Å². The number of rotatable bonds is 3. The average Bonchev–Trinajstić information content (AvgIpc) is 2.51. The van der Waals surface area contributed by atoms with Crippen molar-refractivity contribution in [1.82, 2.24) is 15.5 Å². The molecule has 0 bridgehead atoms. The molecule has 0 aromatic heterocycles. The van der Waals surface area contributed by atoms with E-state index in [-0.39, 0.29) is 17.4 Å². The molecule has 1 amide bonds. The number of amides is 1. The van der Waals surface area contributed by atoms with Crippen LogP contribution in [0.4, 0.5) is 0 Å². The van der Waals surface area contributed by atoms with E-state index >= 15 is 0 Å². The molecule has 19 heavy (non-hydrogen) atoms. The fourth-order valence-electron chi connectivity index (χ4n) is 2.75. The molecule has 2 heterocycles. The molecule has 0 saturated carbocycles. The first-order valence-electron chi connectivity index (χ1n) is 6.83. The van der Waals surface area contributed by atoms with Crippen molar-refractivity contribution < 1.29 is 13.2 Å². The molecule has 2 aliphatic heterocycles. The first kappa shape index (κ1) is 14.7. The standard InChI is InChI=1S/C12H23N3O3S/c1-12(3-8-19(17,18)10-12)14-11(16)9-15-6-2-4-13-5-7-15/h13H,2-10H2,1H3,(H,14,16). The summed E-state index contributed by atoms with van der Waals surface area (Å²) in [7, 11) is -2.98. The van der Waals surface area contributed by atoms with Crippen molar-refractivity contribution in [2.24, 2.45) is 0 Å². The fraction of sp³-hybridized carbons (Fsp3) is 0.917. The molecule has 0 aliphatic carbocycles. The SMILES string of the molecule is CC1(NC(=O)CN2CCCNCC2)CCS(=O)(=O)C1. The van der Waals surface area contributed by atoms with Crippen molar-refractivity contribution in [3.8, 4) is 0 Å². The largest absolute Gasteiger partial charge is 0.349 e. The molecular weight excluding hydrogens is 266 g/mol. The van der Waals surface area contributed by atoms with Crippen molar-refractivity contribution in [2.45, 2.75) is 25.3 Å². The van der Waals surface area contributed by atoms with Crippen LogP contribution in [0.15, 0.2) is 0 Å². The van der Waals surface area contributed by atoms with Crippen LogP contribution in [-0.4, -0.2) is 69.0 Å². The molecular formula is C12H23N3O3S. The Morgan fingerprint density at radius 1 is 1.37 bits per heavy atom. The van der Waals surface area contributed by atoms with Gasteiger partial charge in [-0.25, -0.2) is 8.42 Å². The van der Waals surface area contributed by atoms with Crippen LogP contribution in [0.1, 0.15) is 19.8 Å². The van der Waals surface area contributed by atoms with Crippen LogP contribution in [0.3, 0.4) is 0 Å². The van der Waals surface area contributed by atoms with Gasteiger partial charge >= 0.3 is 0 Å². The average molecular weight is 289 g/mol. The summed E-state index contributed by atoms with van der Waals surface area (Å²) >= 11 is 0. The van der Waals surface area contributed by atoms with Gasteiger partial charge < -0.3 is 10.6 Å². The normalized spacial score (nSPS) is 31.8. The number of nitrogens with one attached hydrogen (secondary N) is 2. The third kappa shape index (κ3) is 4.43. The minimum absolute atomic E-state index is 0.0628. The summed E-state index contributed by atoms with van der Waals surface area (Å²) in [6.45, 7) is 5.85. The molecule has 7 heteroatoms. The molecule has 0 aromatic rings. The molecule has 0 spiro atoms. The van der Waals surface area contributed by atoms with Crippen molar-refractivity contribution in [2.75, 3.05) is 44.2 Å². The second kappa shape index (κ2) is 5.76. The lowest BCUT2D eigenvalue weighted by Crippen LogP contribution is -2.50. The summed E-state index contributed by atoms with van der Waals surface area (Å²) in [5.74, 6) is 0.173. The van der Waals surface area contributed by atoms with Gasteiger partial charge in [-0.2, -0.15) is 0 Å². The van der Waals surface area contributed by atoms with Crippen molar-refractivity contribution in [3.05, 3.63) is 0 Å². The van der Waals surface area contributed by atoms with E-state index in [0.29, 0.717) is 13.0 Å². The zero-order chi connectivity index (χ0) is 13.9. The van der Waals surface area contributed by atoms with Crippen LogP contribution < -0.4 is 10.6 Å². The van der Waals surface area contributed by atoms with Gasteiger partial charge in [-0.15, -0.1) is 0 Å². The molecule has 2 N–H and O–H groups in total. The Hall–Kier alpha value is -0.660. The van der Waals surface area contributed by atoms with E-state index < -0.39 is 15.4 Å². The van der Waals surface area contributed by atoms with Gasteiger partial charge in [0.1, 0.15) is 0 Å². The third-order valence-corrected chi connectivity index (χ3v) is 5.65. The smallest absolute Gasteiger partial charge is 0.234 e. The predicted octanol–water partition coefficient (Wildman–Crippen LogP) is -1.02. The second-order valence-electron chi connectivity index (χ2n) is 5.83. The maximum Gasteiger partial charge on any atom is 0.234 e. The highest BCUT2D eigenvalue weighted by molar-refractivity contribution is 7.91. The number of hydrogen-bond donors (Lipinski definition) is 2. The van der Waals surface area contributed by atoms with E-state index in [2.05, 4.69) is 15.5 Å². The summed E-state index contributed by atoms with van der Waals surface area (Å²) in [4.78, 5) is 14.1. The van der Waals surface area contributed by atoms with Crippen LogP contribution in [-0.2, 0) is 14.6 Å². The lowest BCUT2D eigenvalue weighted by Gasteiger charge is -2.26. The van der Waals surface area contributed by atoms with Crippen LogP contribution in [0, 0.1) is 0 Å². The zero-order valence-electron chi connectivity index (χ0n) is 11.4. The molecule has 2 fully saturated rings. The number of sulfone groups is 1. The minimum Gasteiger partial charge on any atom is -0.349 e. The van der Waals surface area contributed by atoms with E-state index in [9.17, 15) is 13.2 Å². The summed E-state index contributed by atoms with van der Waals surface area (Å²) in [6, 6.07) is 0. The Balaban J connectivity index is 1.84. The first-order valence-corrected chi connectivity index (χ1v) is 8.65. The van der Waals surface area contributed by atoms with E-state index in [1.165, 1.54) is 0 Å². The highest BCUT2D eigenvalue weighted by atomic mass is 32.2. The Kier molecular flexibility index (Phi) is 4.47. The molecule has 1 unspecified atom stereocenters. The molecule has 2 rings (SSSR count). The molecule has 1 atom stereocenters. The van der Waals surface area contributed by atoms with E-state index in [1.54, 1.807) is 0 Å². The third-order valence-electron chi connectivity index (χ3n) is 3.74. The Bertz CT molecular complexity index is 430. The monoisotopic (exact) mass is 289 g/mol. The molecule has 0 aromatic carbocycles. The highest BCUT2D eigenvalue weighted by Crippen LogP contribution is 2.22. The summed E-state index contributed by atoms with van der Waals surface area (Å²) in [5, 5.41) is 6.19. The fourth-order valence-corrected chi connectivity index (χ4v) is 4.84. The van der Waals surface area contributed by atoms with E-state index in [1.807, 2.05) is 6.92 Å². The maximum absolute atomic E-state index is 12.0. The molecule has 110 valence electrons. The highest BCUT2D eigenvalue weighted by Gasteiger charge is 2.39. The Morgan fingerprint density at radius 3 is 2.84 bits per heavy atom. The molecule has 2 aliphatic rings. The number of carbonyl (C=O) groups is 1. The number of hydrogen-bond acceptors (Lipinski definition) is 5. The van der Waals surface area contributed by atoms with Crippen molar-refractivity contribution >= 4 is 15.7 Å². The van der Waals surface area contributed by atoms with Gasteiger partial charge in [-0.05, 0) is 32.9 Å². The van der Waals surface area contributed by atoms with Crippen LogP contribution in [0.2, 0.25) is 0 Å². The van der Waals surface area contributed by atoms with E-state index in [4.69, 9.17) is 0 Å². The Morgan fingerprint density at radius 2 is 2.16 bits per heavy atom. The van der Waals surface area contributed by atoms with Crippen LogP contribution in [0.5, 0.6) is 0 Å². The zero-order valence-corrected chi connectivity index (χ0v) is 12.3. The van der Waals surface area contributed by atoms with Gasteiger partial charge in [-0.1, -0.05) is 0 Å². The number of nitrogens with zero attached hydrogens (tertiary/aromatic N) is 1. The first-order chi connectivity index (χ1) is 8.89. The topological polar surface area (TPSA) is 78.5 Å². The molecule has 0 radical (unpaired) electrons. The summed E-state index contributed by atoms with van der Waals surface area (Å²) in [5.41, 5.74) is -0.583. The lowest BCUT2D eigenvalue weighted by atomic mass is 10.0. The second-order valence-corrected chi connectivity index (χ2v) is 8.01. The maximum atomic E-state index is 12.0. The quantitative estimate of drug-likeness (QED) is 0.695. The molecule has 2 saturated heterocycles. The summed E-state index contributed by atoms with van der Waals surface area (Å²) in [6.07, 6.45) is 1.56. The van der Waals surface area contributed by atoms with Crippen molar-refractivity contribution in [3.63, 3.8) is 0 Å². The predicted molar refractivity (Wildman–Crippen MR) is 73.7 cm³/mol. The lowest BCUT2D eigenvalue weighted by molar-refractivity contribution is -0.123. The van der Waals surface area contributed by atoms with E-state index in [0.717, 1.165) is 32.6 Å². The van der Waals surface area contributed by atoms with Gasteiger partial charge in [0.25, 0.3) is 0 Å². The van der Waals surface area contributed by atoms with Gasteiger partial charge in [0.2, 0.25) is 5.91 Å². The minimum atomic E-state index is -2.98.